The van der Waals surface area contributed by atoms with Crippen molar-refractivity contribution in [3.63, 3.8) is 0 Å². The Hall–Kier alpha value is -3.18. The molecule has 1 aromatic carbocycles. The number of rotatable bonds is 6. The first-order valence-corrected chi connectivity index (χ1v) is 11.7. The van der Waals surface area contributed by atoms with Gasteiger partial charge in [-0.1, -0.05) is 11.8 Å². The number of aliphatic hydroxyl groups is 1. The molecule has 0 saturated heterocycles. The first kappa shape index (κ1) is 23.5. The van der Waals surface area contributed by atoms with Crippen LogP contribution in [0, 0.1) is 29.1 Å². The van der Waals surface area contributed by atoms with Crippen molar-refractivity contribution in [3.05, 3.63) is 40.4 Å². The van der Waals surface area contributed by atoms with Gasteiger partial charge in [-0.3, -0.25) is 19.4 Å². The Morgan fingerprint density at radius 1 is 1.34 bits per heavy atom. The Labute approximate surface area is 185 Å². The summed E-state index contributed by atoms with van der Waals surface area (Å²) in [6, 6.07) is 4.88. The summed E-state index contributed by atoms with van der Waals surface area (Å²) in [5, 5.41) is 18.5. The number of aliphatic hydroxyl groups excluding tert-OH is 1. The fraction of sp³-hybridized carbons (Fsp3) is 0.409. The molecule has 0 bridgehead atoms. The molecule has 168 valence electrons. The molecule has 1 heterocycles. The van der Waals surface area contributed by atoms with Crippen molar-refractivity contribution < 1.29 is 23.5 Å². The second-order valence-electron chi connectivity index (χ2n) is 8.11. The maximum absolute atomic E-state index is 12.8. The van der Waals surface area contributed by atoms with E-state index in [1.165, 1.54) is 23.3 Å². The minimum Gasteiger partial charge on any atom is -0.395 e. The zero-order valence-corrected chi connectivity index (χ0v) is 18.5. The predicted octanol–water partition coefficient (Wildman–Crippen LogP) is 0.223. The van der Waals surface area contributed by atoms with Crippen LogP contribution in [0.5, 0.6) is 0 Å². The van der Waals surface area contributed by atoms with Crippen molar-refractivity contribution in [2.45, 2.75) is 37.5 Å². The first-order valence-electron chi connectivity index (χ1n) is 9.83. The average Bonchev–Trinajstić information content (AvgIpc) is 3.55. The summed E-state index contributed by atoms with van der Waals surface area (Å²) in [6.45, 7) is 1.12. The van der Waals surface area contributed by atoms with Crippen LogP contribution in [0.2, 0.25) is 0 Å². The highest BCUT2D eigenvalue weighted by molar-refractivity contribution is 7.92. The molecular weight excluding hydrogens is 434 g/mol. The van der Waals surface area contributed by atoms with Crippen molar-refractivity contribution in [3.8, 4) is 23.7 Å². The molecule has 10 heteroatoms. The standard InChI is InChI=1S/C22H23N3O6S/c1-21(20(28)24-29,32(2,30)31)11-12-25-15-23-18-13-16(6-7-17(18)19(25)27)5-3-4-8-22(14-26)9-10-22/h6-7,13,15,26,29H,9-12,14H2,1-2H3,(H,24,28). The summed E-state index contributed by atoms with van der Waals surface area (Å²) in [5.74, 6) is 10.3. The third-order valence-electron chi connectivity index (χ3n) is 5.81. The van der Waals surface area contributed by atoms with Crippen LogP contribution in [-0.2, 0) is 21.2 Å². The lowest BCUT2D eigenvalue weighted by Crippen LogP contribution is -2.50. The van der Waals surface area contributed by atoms with Crippen molar-refractivity contribution in [2.24, 2.45) is 5.41 Å². The topological polar surface area (TPSA) is 139 Å². The third kappa shape index (κ3) is 4.68. The number of nitrogens with one attached hydrogen (secondary N) is 1. The van der Waals surface area contributed by atoms with E-state index in [0.717, 1.165) is 19.1 Å². The van der Waals surface area contributed by atoms with E-state index in [0.29, 0.717) is 16.5 Å². The second kappa shape index (κ2) is 8.75. The van der Waals surface area contributed by atoms with Gasteiger partial charge in [0, 0.05) is 18.4 Å². The Bertz CT molecular complexity index is 1350. The maximum atomic E-state index is 12.8. The molecular formula is C22H23N3O6S. The van der Waals surface area contributed by atoms with Gasteiger partial charge in [0.15, 0.2) is 14.6 Å². The van der Waals surface area contributed by atoms with Gasteiger partial charge in [0.25, 0.3) is 11.5 Å². The summed E-state index contributed by atoms with van der Waals surface area (Å²) < 4.78 is 23.5. The van der Waals surface area contributed by atoms with Gasteiger partial charge in [0.2, 0.25) is 0 Å². The molecule has 0 radical (unpaired) electrons. The van der Waals surface area contributed by atoms with Gasteiger partial charge < -0.3 is 5.11 Å². The van der Waals surface area contributed by atoms with Crippen LogP contribution in [0.4, 0.5) is 0 Å². The van der Waals surface area contributed by atoms with Crippen LogP contribution in [0.15, 0.2) is 29.3 Å². The van der Waals surface area contributed by atoms with Gasteiger partial charge in [-0.25, -0.2) is 18.9 Å². The third-order valence-corrected chi connectivity index (χ3v) is 7.83. The number of aromatic nitrogens is 2. The van der Waals surface area contributed by atoms with Crippen LogP contribution in [0.25, 0.3) is 10.9 Å². The number of benzene rings is 1. The van der Waals surface area contributed by atoms with E-state index in [4.69, 9.17) is 5.21 Å². The molecule has 3 rings (SSSR count). The summed E-state index contributed by atoms with van der Waals surface area (Å²) in [6.07, 6.45) is 3.68. The number of hydrogen-bond acceptors (Lipinski definition) is 7. The lowest BCUT2D eigenvalue weighted by molar-refractivity contribution is -0.131. The highest BCUT2D eigenvalue weighted by Crippen LogP contribution is 2.44. The average molecular weight is 458 g/mol. The van der Waals surface area contributed by atoms with Crippen LogP contribution in [0.3, 0.4) is 0 Å². The molecule has 9 nitrogen and oxygen atoms in total. The van der Waals surface area contributed by atoms with Crippen molar-refractivity contribution >= 4 is 26.6 Å². The fourth-order valence-corrected chi connectivity index (χ4v) is 3.90. The number of aryl methyl sites for hydroxylation is 1. The van der Waals surface area contributed by atoms with Gasteiger partial charge in [0.1, 0.15) is 0 Å². The molecule has 1 fully saturated rings. The molecule has 0 spiro atoms. The summed E-state index contributed by atoms with van der Waals surface area (Å²) in [4.78, 5) is 29.0. The van der Waals surface area contributed by atoms with Gasteiger partial charge >= 0.3 is 0 Å². The molecule has 1 atom stereocenters. The van der Waals surface area contributed by atoms with Crippen LogP contribution in [-0.4, -0.2) is 51.8 Å². The summed E-state index contributed by atoms with van der Waals surface area (Å²) in [5.41, 5.74) is 1.72. The molecule has 1 amide bonds. The fourth-order valence-electron chi connectivity index (χ4n) is 3.06. The number of sulfone groups is 1. The Kier molecular flexibility index (Phi) is 6.42. The van der Waals surface area contributed by atoms with Crippen LogP contribution < -0.4 is 11.0 Å². The van der Waals surface area contributed by atoms with Crippen molar-refractivity contribution in [2.75, 3.05) is 12.9 Å². The quantitative estimate of drug-likeness (QED) is 0.320. The number of amides is 1. The van der Waals surface area contributed by atoms with Gasteiger partial charge in [-0.2, -0.15) is 0 Å². The molecule has 2 aromatic rings. The predicted molar refractivity (Wildman–Crippen MR) is 117 cm³/mol. The van der Waals surface area contributed by atoms with E-state index < -0.39 is 26.1 Å². The number of carbonyl (C=O) groups is 1. The zero-order chi connectivity index (χ0) is 23.6. The minimum atomic E-state index is -3.87. The van der Waals surface area contributed by atoms with Gasteiger partial charge in [0.05, 0.1) is 29.3 Å². The number of nitrogens with zero attached hydrogens (tertiary/aromatic N) is 2. The lowest BCUT2D eigenvalue weighted by Gasteiger charge is -2.25. The van der Waals surface area contributed by atoms with E-state index >= 15 is 0 Å². The first-order chi connectivity index (χ1) is 15.0. The van der Waals surface area contributed by atoms with Crippen LogP contribution >= 0.6 is 0 Å². The molecule has 32 heavy (non-hydrogen) atoms. The van der Waals surface area contributed by atoms with Crippen molar-refractivity contribution in [1.82, 2.24) is 15.0 Å². The van der Waals surface area contributed by atoms with Crippen LogP contribution in [0.1, 0.15) is 31.7 Å². The van der Waals surface area contributed by atoms with Crippen molar-refractivity contribution in [1.29, 1.82) is 0 Å². The maximum Gasteiger partial charge on any atom is 0.264 e. The van der Waals surface area contributed by atoms with Gasteiger partial charge in [-0.05, 0) is 56.2 Å². The number of carbonyl (C=O) groups excluding carboxylic acids is 1. The van der Waals surface area contributed by atoms with E-state index in [9.17, 15) is 23.1 Å². The summed E-state index contributed by atoms with van der Waals surface area (Å²) in [7, 11) is -3.87. The molecule has 1 aliphatic rings. The van der Waals surface area contributed by atoms with E-state index in [1.807, 2.05) is 0 Å². The monoisotopic (exact) mass is 457 g/mol. The second-order valence-corrected chi connectivity index (χ2v) is 10.6. The number of hydrogen-bond donors (Lipinski definition) is 3. The molecule has 1 aromatic heterocycles. The molecule has 3 N–H and O–H groups in total. The number of fused-ring (bicyclic) bond motifs is 1. The smallest absolute Gasteiger partial charge is 0.264 e. The van der Waals surface area contributed by atoms with E-state index in [1.54, 1.807) is 18.2 Å². The molecule has 0 aliphatic heterocycles. The Balaban J connectivity index is 1.83. The van der Waals surface area contributed by atoms with Gasteiger partial charge in [-0.15, -0.1) is 0 Å². The van der Waals surface area contributed by atoms with E-state index in [2.05, 4.69) is 28.7 Å². The highest BCUT2D eigenvalue weighted by atomic mass is 32.2. The highest BCUT2D eigenvalue weighted by Gasteiger charge is 2.43. The number of hydroxylamine groups is 1. The Morgan fingerprint density at radius 3 is 2.66 bits per heavy atom. The minimum absolute atomic E-state index is 0.0296. The molecule has 1 unspecified atom stereocenters. The molecule has 1 saturated carbocycles. The normalized spacial score (nSPS) is 16.1. The lowest BCUT2D eigenvalue weighted by atomic mass is 10.1. The molecule has 1 aliphatic carbocycles. The SMILES string of the molecule is CC(CCn1cnc2cc(C#CC#CC3(CO)CC3)ccc2c1=O)(C(=O)NO)S(C)(=O)=O. The summed E-state index contributed by atoms with van der Waals surface area (Å²) >= 11 is 0. The Morgan fingerprint density at radius 2 is 2.06 bits per heavy atom. The largest absolute Gasteiger partial charge is 0.395 e. The van der Waals surface area contributed by atoms with E-state index in [-0.39, 0.29) is 25.0 Å². The zero-order valence-electron chi connectivity index (χ0n) is 17.7.